The molecule has 1 saturated heterocycles. The van der Waals surface area contributed by atoms with Crippen LogP contribution < -0.4 is 12.4 Å². The van der Waals surface area contributed by atoms with Crippen LogP contribution in [-0.4, -0.2) is 48.9 Å². The molecule has 2 rings (SSSR count). The van der Waals surface area contributed by atoms with Gasteiger partial charge in [-0.1, -0.05) is 15.9 Å². The van der Waals surface area contributed by atoms with Gasteiger partial charge in [0.1, 0.15) is 0 Å². The lowest BCUT2D eigenvalue weighted by Gasteiger charge is -2.32. The van der Waals surface area contributed by atoms with Gasteiger partial charge in [0, 0.05) is 36.2 Å². The first-order valence-electron chi connectivity index (χ1n) is 5.40. The number of amides is 1. The summed E-state index contributed by atoms with van der Waals surface area (Å²) >= 11 is 3.37. The molecule has 0 N–H and O–H groups in total. The van der Waals surface area contributed by atoms with Crippen LogP contribution >= 0.6 is 15.9 Å². The molecule has 1 fully saturated rings. The lowest BCUT2D eigenvalue weighted by atomic mass is 10.2. The second kappa shape index (κ2) is 6.38. The van der Waals surface area contributed by atoms with Crippen LogP contribution in [0.25, 0.3) is 0 Å². The molecule has 0 bridgehead atoms. The minimum absolute atomic E-state index is 0. The highest BCUT2D eigenvalue weighted by Gasteiger charge is 2.19. The second-order valence-corrected chi connectivity index (χ2v) is 5.02. The Balaban J connectivity index is 0.00000144. The van der Waals surface area contributed by atoms with E-state index in [1.165, 1.54) is 0 Å². The molecule has 0 atom stereocenters. The summed E-state index contributed by atoms with van der Waals surface area (Å²) in [6, 6.07) is 7.54. The van der Waals surface area contributed by atoms with Crippen molar-refractivity contribution in [1.29, 1.82) is 0 Å². The van der Waals surface area contributed by atoms with Crippen molar-refractivity contribution in [3.63, 3.8) is 0 Å². The molecule has 0 spiro atoms. The molecule has 0 aromatic heterocycles. The molecule has 0 radical (unpaired) electrons. The highest BCUT2D eigenvalue weighted by molar-refractivity contribution is 9.10. The maximum atomic E-state index is 12.1. The number of hydrogen-bond donors (Lipinski definition) is 0. The van der Waals surface area contributed by atoms with Crippen molar-refractivity contribution >= 4 is 21.8 Å². The Labute approximate surface area is 116 Å². The van der Waals surface area contributed by atoms with Crippen LogP contribution in [0.3, 0.4) is 0 Å². The first-order chi connectivity index (χ1) is 7.66. The van der Waals surface area contributed by atoms with Crippen molar-refractivity contribution < 1.29 is 17.2 Å². The predicted molar refractivity (Wildman–Crippen MR) is 67.5 cm³/mol. The van der Waals surface area contributed by atoms with E-state index in [1.807, 2.05) is 29.2 Å². The number of hydrogen-bond acceptors (Lipinski definition) is 2. The molecule has 1 aromatic carbocycles. The van der Waals surface area contributed by atoms with Gasteiger partial charge in [0.05, 0.1) is 0 Å². The number of carbonyl (C=O) groups is 1. The zero-order valence-electron chi connectivity index (χ0n) is 9.70. The van der Waals surface area contributed by atoms with Gasteiger partial charge in [0.25, 0.3) is 5.91 Å². The maximum absolute atomic E-state index is 12.1. The molecule has 5 heteroatoms. The van der Waals surface area contributed by atoms with E-state index in [4.69, 9.17) is 0 Å². The molecule has 1 aliphatic heterocycles. The normalized spacial score (nSPS) is 16.5. The number of carbonyl (C=O) groups excluding carboxylic acids is 1. The highest BCUT2D eigenvalue weighted by atomic mass is 79.9. The zero-order chi connectivity index (χ0) is 11.5. The summed E-state index contributed by atoms with van der Waals surface area (Å²) < 4.78 is 1.00. The van der Waals surface area contributed by atoms with Gasteiger partial charge < -0.3 is 22.2 Å². The highest BCUT2D eigenvalue weighted by Crippen LogP contribution is 2.13. The molecule has 1 heterocycles. The summed E-state index contributed by atoms with van der Waals surface area (Å²) in [5.74, 6) is 0.139. The van der Waals surface area contributed by atoms with Crippen LogP contribution in [0.1, 0.15) is 10.4 Å². The maximum Gasteiger partial charge on any atom is 0.253 e. The van der Waals surface area contributed by atoms with Gasteiger partial charge in [0.15, 0.2) is 0 Å². The Bertz CT molecular complexity index is 375. The Morgan fingerprint density at radius 2 is 1.65 bits per heavy atom. The van der Waals surface area contributed by atoms with Gasteiger partial charge in [-0.3, -0.25) is 4.79 Å². The Morgan fingerprint density at radius 1 is 1.12 bits per heavy atom. The summed E-state index contributed by atoms with van der Waals surface area (Å²) in [6.07, 6.45) is 0. The van der Waals surface area contributed by atoms with Crippen molar-refractivity contribution in [3.05, 3.63) is 34.3 Å². The quantitative estimate of drug-likeness (QED) is 0.652. The number of rotatable bonds is 1. The summed E-state index contributed by atoms with van der Waals surface area (Å²) in [5.41, 5.74) is 0.771. The molecule has 17 heavy (non-hydrogen) atoms. The van der Waals surface area contributed by atoms with E-state index in [2.05, 4.69) is 27.9 Å². The smallest absolute Gasteiger partial charge is 0.253 e. The average Bonchev–Trinajstić information content (AvgIpc) is 2.30. The lowest BCUT2D eigenvalue weighted by molar-refractivity contribution is -0.0000139. The van der Waals surface area contributed by atoms with Crippen molar-refractivity contribution in [1.82, 2.24) is 9.80 Å². The van der Waals surface area contributed by atoms with Crippen molar-refractivity contribution in [2.45, 2.75) is 0 Å². The van der Waals surface area contributed by atoms with Crippen LogP contribution in [0, 0.1) is 0 Å². The number of halogens is 2. The van der Waals surface area contributed by atoms with E-state index in [-0.39, 0.29) is 18.3 Å². The molecule has 1 amide bonds. The summed E-state index contributed by atoms with van der Waals surface area (Å²) in [5, 5.41) is 0. The van der Waals surface area contributed by atoms with Gasteiger partial charge in [-0.05, 0) is 31.3 Å². The van der Waals surface area contributed by atoms with E-state index >= 15 is 0 Å². The fourth-order valence-corrected chi connectivity index (χ4v) is 2.05. The van der Waals surface area contributed by atoms with E-state index in [9.17, 15) is 4.79 Å². The summed E-state index contributed by atoms with van der Waals surface area (Å²) in [6.45, 7) is 3.57. The Kier molecular flexibility index (Phi) is 5.43. The van der Waals surface area contributed by atoms with Crippen LogP contribution in [0.15, 0.2) is 28.7 Å². The molecule has 3 nitrogen and oxygen atoms in total. The first-order valence-corrected chi connectivity index (χ1v) is 6.19. The Hall–Kier alpha value is -0.580. The lowest BCUT2D eigenvalue weighted by Crippen LogP contribution is -3.00. The van der Waals surface area contributed by atoms with Gasteiger partial charge >= 0.3 is 0 Å². The first kappa shape index (κ1) is 14.5. The predicted octanol–water partition coefficient (Wildman–Crippen LogP) is -1.16. The van der Waals surface area contributed by atoms with Crippen LogP contribution in [0.2, 0.25) is 0 Å². The molecule has 1 aromatic rings. The number of likely N-dealkylation sites (N-methyl/N-ethyl adjacent to an activating group) is 1. The number of piperazine rings is 1. The van der Waals surface area contributed by atoms with Gasteiger partial charge in [0.2, 0.25) is 0 Å². The molecule has 0 aliphatic carbocycles. The van der Waals surface area contributed by atoms with E-state index < -0.39 is 0 Å². The van der Waals surface area contributed by atoms with E-state index in [1.54, 1.807) is 0 Å². The van der Waals surface area contributed by atoms with Crippen molar-refractivity contribution in [2.75, 3.05) is 33.2 Å². The topological polar surface area (TPSA) is 23.6 Å². The zero-order valence-corrected chi connectivity index (χ0v) is 12.0. The van der Waals surface area contributed by atoms with Gasteiger partial charge in [-0.2, -0.15) is 0 Å². The standard InChI is InChI=1S/C12H15BrN2O.ClH/c1-14-6-8-15(9-7-14)12(16)10-2-4-11(13)5-3-10;/h2-5H,6-9H2,1H3;1H/p-1. The Morgan fingerprint density at radius 3 is 2.18 bits per heavy atom. The van der Waals surface area contributed by atoms with Crippen LogP contribution in [0.4, 0.5) is 0 Å². The number of nitrogens with zero attached hydrogens (tertiary/aromatic N) is 2. The molecule has 94 valence electrons. The number of benzene rings is 1. The molecule has 0 unspecified atom stereocenters. The molecule has 0 saturated carbocycles. The van der Waals surface area contributed by atoms with Gasteiger partial charge in [-0.25, -0.2) is 0 Å². The summed E-state index contributed by atoms with van der Waals surface area (Å²) in [4.78, 5) is 16.3. The minimum atomic E-state index is 0. The monoisotopic (exact) mass is 317 g/mol. The van der Waals surface area contributed by atoms with Crippen molar-refractivity contribution in [3.8, 4) is 0 Å². The second-order valence-electron chi connectivity index (χ2n) is 4.10. The third kappa shape index (κ3) is 3.69. The largest absolute Gasteiger partial charge is 1.00 e. The average molecular weight is 319 g/mol. The van der Waals surface area contributed by atoms with Crippen LogP contribution in [0.5, 0.6) is 0 Å². The molecular formula is C12H15BrClN2O-. The van der Waals surface area contributed by atoms with Crippen molar-refractivity contribution in [2.24, 2.45) is 0 Å². The fraction of sp³-hybridized carbons (Fsp3) is 0.417. The third-order valence-electron chi connectivity index (χ3n) is 2.88. The van der Waals surface area contributed by atoms with Crippen LogP contribution in [-0.2, 0) is 0 Å². The minimum Gasteiger partial charge on any atom is -1.00 e. The fourth-order valence-electron chi connectivity index (χ4n) is 1.78. The SMILES string of the molecule is CN1CCN(C(=O)c2ccc(Br)cc2)CC1.[Cl-]. The van der Waals surface area contributed by atoms with E-state index in [0.717, 1.165) is 36.2 Å². The van der Waals surface area contributed by atoms with Gasteiger partial charge in [-0.15, -0.1) is 0 Å². The third-order valence-corrected chi connectivity index (χ3v) is 3.41. The molecule has 1 aliphatic rings. The molecular weight excluding hydrogens is 304 g/mol. The summed E-state index contributed by atoms with van der Waals surface area (Å²) in [7, 11) is 2.08. The van der Waals surface area contributed by atoms with E-state index in [0.29, 0.717) is 0 Å².